The molecule has 96 valence electrons. The Balaban J connectivity index is 2.12. The maximum absolute atomic E-state index is 12.0. The van der Waals surface area contributed by atoms with Crippen LogP contribution in [0.3, 0.4) is 0 Å². The Hall–Kier alpha value is -2.16. The maximum Gasteiger partial charge on any atom is 0.265 e. The molecule has 2 aromatic rings. The van der Waals surface area contributed by atoms with Crippen LogP contribution in [0, 0.1) is 18.8 Å². The van der Waals surface area contributed by atoms with Gasteiger partial charge < -0.3 is 10.4 Å². The standard InChI is InChI=1S/C14H12N2O2S/c1-10-12(5-2-8-15-10)16-14(18)13-7-6-11(19-13)4-3-9-17/h2,5-8,17H,9H2,1H3,(H,16,18). The van der Waals surface area contributed by atoms with Crippen molar-refractivity contribution in [2.24, 2.45) is 0 Å². The summed E-state index contributed by atoms with van der Waals surface area (Å²) in [4.78, 5) is 17.5. The molecular weight excluding hydrogens is 260 g/mol. The molecular formula is C14H12N2O2S. The molecule has 0 aliphatic heterocycles. The van der Waals surface area contributed by atoms with E-state index in [0.717, 1.165) is 10.6 Å². The van der Waals surface area contributed by atoms with Gasteiger partial charge in [0.2, 0.25) is 0 Å². The summed E-state index contributed by atoms with van der Waals surface area (Å²) in [6.45, 7) is 1.65. The lowest BCUT2D eigenvalue weighted by Gasteiger charge is -2.05. The predicted molar refractivity (Wildman–Crippen MR) is 75.2 cm³/mol. The number of aryl methyl sites for hydroxylation is 1. The third kappa shape index (κ3) is 3.41. The molecule has 0 aromatic carbocycles. The molecule has 5 heteroatoms. The predicted octanol–water partition coefficient (Wildman–Crippen LogP) is 2.05. The number of pyridine rings is 1. The zero-order valence-corrected chi connectivity index (χ0v) is 11.1. The largest absolute Gasteiger partial charge is 0.384 e. The van der Waals surface area contributed by atoms with Gasteiger partial charge in [0.25, 0.3) is 5.91 Å². The third-order valence-electron chi connectivity index (χ3n) is 2.38. The Morgan fingerprint density at radius 3 is 3.05 bits per heavy atom. The molecule has 0 saturated heterocycles. The van der Waals surface area contributed by atoms with Crippen molar-refractivity contribution >= 4 is 22.9 Å². The van der Waals surface area contributed by atoms with E-state index < -0.39 is 0 Å². The molecule has 1 amide bonds. The second-order valence-corrected chi connectivity index (χ2v) is 4.80. The fraction of sp³-hybridized carbons (Fsp3) is 0.143. The van der Waals surface area contributed by atoms with Crippen molar-refractivity contribution < 1.29 is 9.90 Å². The molecule has 0 spiro atoms. The second-order valence-electron chi connectivity index (χ2n) is 3.71. The van der Waals surface area contributed by atoms with Crippen LogP contribution < -0.4 is 5.32 Å². The van der Waals surface area contributed by atoms with Crippen molar-refractivity contribution in [1.29, 1.82) is 0 Å². The summed E-state index contributed by atoms with van der Waals surface area (Å²) < 4.78 is 0. The molecule has 2 heterocycles. The Labute approximate surface area is 115 Å². The van der Waals surface area contributed by atoms with Gasteiger partial charge in [-0.25, -0.2) is 0 Å². The van der Waals surface area contributed by atoms with Gasteiger partial charge in [-0.3, -0.25) is 9.78 Å². The molecule has 0 aliphatic rings. The number of carbonyl (C=O) groups is 1. The van der Waals surface area contributed by atoms with Crippen LogP contribution in [0.1, 0.15) is 20.2 Å². The van der Waals surface area contributed by atoms with Gasteiger partial charge in [0.1, 0.15) is 6.61 Å². The molecule has 19 heavy (non-hydrogen) atoms. The van der Waals surface area contributed by atoms with E-state index in [1.807, 2.05) is 6.92 Å². The zero-order chi connectivity index (χ0) is 13.7. The number of nitrogens with zero attached hydrogens (tertiary/aromatic N) is 1. The second kappa shape index (κ2) is 6.14. The lowest BCUT2D eigenvalue weighted by Crippen LogP contribution is -2.11. The number of nitrogens with one attached hydrogen (secondary N) is 1. The highest BCUT2D eigenvalue weighted by molar-refractivity contribution is 7.14. The molecule has 2 rings (SSSR count). The number of aliphatic hydroxyl groups excluding tert-OH is 1. The van der Waals surface area contributed by atoms with Gasteiger partial charge in [0.15, 0.2) is 0 Å². The first-order chi connectivity index (χ1) is 9.20. The Bertz CT molecular complexity index is 653. The topological polar surface area (TPSA) is 62.2 Å². The number of rotatable bonds is 2. The van der Waals surface area contributed by atoms with Gasteiger partial charge in [-0.2, -0.15) is 0 Å². The Morgan fingerprint density at radius 1 is 1.47 bits per heavy atom. The van der Waals surface area contributed by atoms with Gasteiger partial charge in [-0.15, -0.1) is 11.3 Å². The van der Waals surface area contributed by atoms with Gasteiger partial charge in [0, 0.05) is 6.20 Å². The SMILES string of the molecule is Cc1ncccc1NC(=O)c1ccc(C#CCO)s1. The van der Waals surface area contributed by atoms with Crippen LogP contribution in [0.5, 0.6) is 0 Å². The van der Waals surface area contributed by atoms with E-state index in [2.05, 4.69) is 22.1 Å². The average Bonchev–Trinajstić information content (AvgIpc) is 2.88. The van der Waals surface area contributed by atoms with Gasteiger partial charge in [-0.05, 0) is 31.2 Å². The summed E-state index contributed by atoms with van der Waals surface area (Å²) in [6.07, 6.45) is 1.68. The normalized spacial score (nSPS) is 9.58. The number of carbonyl (C=O) groups excluding carboxylic acids is 1. The van der Waals surface area contributed by atoms with E-state index in [-0.39, 0.29) is 12.5 Å². The highest BCUT2D eigenvalue weighted by Gasteiger charge is 2.10. The third-order valence-corrected chi connectivity index (χ3v) is 3.38. The first-order valence-electron chi connectivity index (χ1n) is 5.63. The quantitative estimate of drug-likeness (QED) is 0.822. The van der Waals surface area contributed by atoms with E-state index >= 15 is 0 Å². The van der Waals surface area contributed by atoms with Crippen LogP contribution in [-0.4, -0.2) is 22.6 Å². The van der Waals surface area contributed by atoms with Crippen molar-refractivity contribution in [1.82, 2.24) is 4.98 Å². The fourth-order valence-corrected chi connectivity index (χ4v) is 2.23. The number of aromatic nitrogens is 1. The van der Waals surface area contributed by atoms with Crippen LogP contribution in [0.2, 0.25) is 0 Å². The van der Waals surface area contributed by atoms with E-state index in [0.29, 0.717) is 10.6 Å². The minimum Gasteiger partial charge on any atom is -0.384 e. The molecule has 0 aliphatic carbocycles. The number of aliphatic hydroxyl groups is 1. The highest BCUT2D eigenvalue weighted by atomic mass is 32.1. The van der Waals surface area contributed by atoms with E-state index in [9.17, 15) is 4.79 Å². The summed E-state index contributed by atoms with van der Waals surface area (Å²) in [5.74, 6) is 5.14. The van der Waals surface area contributed by atoms with Gasteiger partial charge in [-0.1, -0.05) is 11.8 Å². The molecule has 2 aromatic heterocycles. The lowest BCUT2D eigenvalue weighted by atomic mass is 10.3. The summed E-state index contributed by atoms with van der Waals surface area (Å²) in [5, 5.41) is 11.4. The first-order valence-corrected chi connectivity index (χ1v) is 6.45. The lowest BCUT2D eigenvalue weighted by molar-refractivity contribution is 0.103. The fourth-order valence-electron chi connectivity index (χ4n) is 1.45. The Kier molecular flexibility index (Phi) is 4.29. The number of amides is 1. The van der Waals surface area contributed by atoms with Crippen LogP contribution in [0.4, 0.5) is 5.69 Å². The van der Waals surface area contributed by atoms with Crippen LogP contribution in [0.25, 0.3) is 0 Å². The van der Waals surface area contributed by atoms with Crippen molar-refractivity contribution in [3.63, 3.8) is 0 Å². The zero-order valence-electron chi connectivity index (χ0n) is 10.3. The highest BCUT2D eigenvalue weighted by Crippen LogP contribution is 2.18. The maximum atomic E-state index is 12.0. The summed E-state index contributed by atoms with van der Waals surface area (Å²) in [5.41, 5.74) is 1.47. The van der Waals surface area contributed by atoms with E-state index in [1.54, 1.807) is 30.5 Å². The van der Waals surface area contributed by atoms with Gasteiger partial charge in [0.05, 0.1) is 21.1 Å². The van der Waals surface area contributed by atoms with Crippen LogP contribution in [0.15, 0.2) is 30.5 Å². The summed E-state index contributed by atoms with van der Waals surface area (Å²) in [6, 6.07) is 7.06. The van der Waals surface area contributed by atoms with Crippen molar-refractivity contribution in [2.75, 3.05) is 11.9 Å². The molecule has 4 nitrogen and oxygen atoms in total. The molecule has 2 N–H and O–H groups in total. The van der Waals surface area contributed by atoms with E-state index in [4.69, 9.17) is 5.11 Å². The number of thiophene rings is 1. The van der Waals surface area contributed by atoms with Crippen molar-refractivity contribution in [3.8, 4) is 11.8 Å². The van der Waals surface area contributed by atoms with Gasteiger partial charge >= 0.3 is 0 Å². The average molecular weight is 272 g/mol. The number of hydrogen-bond acceptors (Lipinski definition) is 4. The molecule has 0 fully saturated rings. The molecule has 0 unspecified atom stereocenters. The smallest absolute Gasteiger partial charge is 0.265 e. The Morgan fingerprint density at radius 2 is 2.32 bits per heavy atom. The van der Waals surface area contributed by atoms with Crippen LogP contribution >= 0.6 is 11.3 Å². The molecule has 0 radical (unpaired) electrons. The molecule has 0 bridgehead atoms. The van der Waals surface area contributed by atoms with Crippen molar-refractivity contribution in [3.05, 3.63) is 45.9 Å². The summed E-state index contributed by atoms with van der Waals surface area (Å²) >= 11 is 1.29. The minimum atomic E-state index is -0.186. The molecule has 0 saturated carbocycles. The summed E-state index contributed by atoms with van der Waals surface area (Å²) in [7, 11) is 0. The first kappa shape index (κ1) is 13.3. The monoisotopic (exact) mass is 272 g/mol. The van der Waals surface area contributed by atoms with Crippen molar-refractivity contribution in [2.45, 2.75) is 6.92 Å². The molecule has 0 atom stereocenters. The van der Waals surface area contributed by atoms with E-state index in [1.165, 1.54) is 11.3 Å². The number of anilines is 1. The van der Waals surface area contributed by atoms with Crippen LogP contribution in [-0.2, 0) is 0 Å². The minimum absolute atomic E-state index is 0.182. The number of hydrogen-bond donors (Lipinski definition) is 2.